The van der Waals surface area contributed by atoms with Crippen molar-refractivity contribution < 1.29 is 14.3 Å². The highest BCUT2D eigenvalue weighted by atomic mass is 32.1. The van der Waals surface area contributed by atoms with Crippen LogP contribution in [0.5, 0.6) is 5.75 Å². The van der Waals surface area contributed by atoms with Crippen molar-refractivity contribution in [1.82, 2.24) is 10.2 Å². The van der Waals surface area contributed by atoms with E-state index in [2.05, 4.69) is 10.6 Å². The molecule has 0 unspecified atom stereocenters. The summed E-state index contributed by atoms with van der Waals surface area (Å²) in [5, 5.41) is 5.89. The van der Waals surface area contributed by atoms with Gasteiger partial charge in [0.25, 0.3) is 11.8 Å². The Kier molecular flexibility index (Phi) is 9.27. The predicted molar refractivity (Wildman–Crippen MR) is 151 cm³/mol. The molecule has 192 valence electrons. The highest BCUT2D eigenvalue weighted by Crippen LogP contribution is 2.25. The molecule has 0 spiro atoms. The first-order valence-electron chi connectivity index (χ1n) is 12.8. The minimum Gasteiger partial charge on any atom is -0.492 e. The van der Waals surface area contributed by atoms with Crippen LogP contribution in [0.25, 0.3) is 0 Å². The van der Waals surface area contributed by atoms with Gasteiger partial charge in [0.05, 0.1) is 23.4 Å². The van der Waals surface area contributed by atoms with E-state index in [0.29, 0.717) is 29.2 Å². The molecule has 6 nitrogen and oxygen atoms in total. The van der Waals surface area contributed by atoms with Crippen LogP contribution < -0.4 is 15.4 Å². The van der Waals surface area contributed by atoms with Crippen LogP contribution in [-0.4, -0.2) is 41.5 Å². The summed E-state index contributed by atoms with van der Waals surface area (Å²) in [6, 6.07) is 24.6. The number of amides is 2. The number of rotatable bonds is 8. The summed E-state index contributed by atoms with van der Waals surface area (Å²) in [5.74, 6) is 0.0562. The van der Waals surface area contributed by atoms with Crippen molar-refractivity contribution in [3.8, 4) is 5.75 Å². The number of benzene rings is 3. The van der Waals surface area contributed by atoms with E-state index in [1.54, 1.807) is 30.3 Å². The zero-order valence-electron chi connectivity index (χ0n) is 21.1. The van der Waals surface area contributed by atoms with Crippen molar-refractivity contribution in [2.45, 2.75) is 44.6 Å². The van der Waals surface area contributed by atoms with Gasteiger partial charge in [-0.25, -0.2) is 0 Å². The number of hydrogen-bond acceptors (Lipinski definition) is 4. The summed E-state index contributed by atoms with van der Waals surface area (Å²) in [6.45, 7) is 0.445. The monoisotopic (exact) mass is 515 g/mol. The Balaban J connectivity index is 1.38. The molecule has 2 N–H and O–H groups in total. The van der Waals surface area contributed by atoms with Gasteiger partial charge in [0.15, 0.2) is 5.11 Å². The molecule has 0 radical (unpaired) electrons. The molecule has 37 heavy (non-hydrogen) atoms. The molecule has 0 aromatic heterocycles. The number of carbonyl (C=O) groups is 2. The zero-order chi connectivity index (χ0) is 26.0. The maximum absolute atomic E-state index is 13.3. The lowest BCUT2D eigenvalue weighted by Crippen LogP contribution is -2.39. The molecule has 3 aromatic carbocycles. The molecule has 3 aromatic rings. The Bertz CT molecular complexity index is 1230. The molecule has 7 heteroatoms. The lowest BCUT2D eigenvalue weighted by atomic mass is 9.94. The molecule has 1 aliphatic rings. The summed E-state index contributed by atoms with van der Waals surface area (Å²) in [6.07, 6.45) is 6.31. The van der Waals surface area contributed by atoms with Gasteiger partial charge in [-0.05, 0) is 54.9 Å². The highest BCUT2D eigenvalue weighted by molar-refractivity contribution is 7.80. The molecule has 0 aliphatic heterocycles. The summed E-state index contributed by atoms with van der Waals surface area (Å²) < 4.78 is 5.92. The van der Waals surface area contributed by atoms with Crippen molar-refractivity contribution in [2.24, 2.45) is 0 Å². The number of nitrogens with one attached hydrogen (secondary N) is 2. The smallest absolute Gasteiger partial charge is 0.261 e. The van der Waals surface area contributed by atoms with Crippen molar-refractivity contribution in [3.05, 3.63) is 95.6 Å². The molecular formula is C30H33N3O3S. The lowest BCUT2D eigenvalue weighted by molar-refractivity contribution is 0.0697. The number of nitrogens with zero attached hydrogens (tertiary/aromatic N) is 1. The largest absolute Gasteiger partial charge is 0.492 e. The van der Waals surface area contributed by atoms with Crippen LogP contribution in [0.1, 0.15) is 58.4 Å². The van der Waals surface area contributed by atoms with Crippen LogP contribution in [0.3, 0.4) is 0 Å². The molecule has 0 bridgehead atoms. The quantitative estimate of drug-likeness (QED) is 0.369. The van der Waals surface area contributed by atoms with E-state index in [0.717, 1.165) is 37.7 Å². The predicted octanol–water partition coefficient (Wildman–Crippen LogP) is 5.84. The first-order chi connectivity index (χ1) is 18.0. The average Bonchev–Trinajstić information content (AvgIpc) is 2.94. The normalized spacial score (nSPS) is 13.4. The Morgan fingerprint density at radius 1 is 0.892 bits per heavy atom. The third-order valence-corrected chi connectivity index (χ3v) is 6.90. The zero-order valence-corrected chi connectivity index (χ0v) is 21.9. The van der Waals surface area contributed by atoms with Gasteiger partial charge in [-0.3, -0.25) is 14.9 Å². The van der Waals surface area contributed by atoms with Crippen molar-refractivity contribution in [1.29, 1.82) is 0 Å². The summed E-state index contributed by atoms with van der Waals surface area (Å²) >= 11 is 5.44. The molecule has 1 fully saturated rings. The average molecular weight is 516 g/mol. The number of ether oxygens (including phenoxy) is 1. The third kappa shape index (κ3) is 7.17. The number of para-hydroxylation sites is 2. The Labute approximate surface area is 224 Å². The molecule has 2 amide bonds. The molecule has 4 rings (SSSR count). The maximum atomic E-state index is 13.3. The number of thiocarbonyl (C=S) groups is 1. The van der Waals surface area contributed by atoms with Crippen molar-refractivity contribution >= 4 is 34.8 Å². The molecule has 1 aliphatic carbocycles. The van der Waals surface area contributed by atoms with Crippen molar-refractivity contribution in [2.75, 3.05) is 19.0 Å². The second-order valence-electron chi connectivity index (χ2n) is 9.24. The van der Waals surface area contributed by atoms with E-state index in [1.165, 1.54) is 6.42 Å². The number of hydrogen-bond donors (Lipinski definition) is 2. The van der Waals surface area contributed by atoms with E-state index >= 15 is 0 Å². The van der Waals surface area contributed by atoms with Crippen LogP contribution in [0.2, 0.25) is 0 Å². The maximum Gasteiger partial charge on any atom is 0.261 e. The van der Waals surface area contributed by atoms with Crippen LogP contribution in [-0.2, 0) is 6.42 Å². The topological polar surface area (TPSA) is 70.7 Å². The van der Waals surface area contributed by atoms with Crippen LogP contribution in [0.4, 0.5) is 5.69 Å². The van der Waals surface area contributed by atoms with Gasteiger partial charge in [0, 0.05) is 19.5 Å². The van der Waals surface area contributed by atoms with Gasteiger partial charge >= 0.3 is 0 Å². The second-order valence-corrected chi connectivity index (χ2v) is 9.65. The van der Waals surface area contributed by atoms with Gasteiger partial charge in [0.1, 0.15) is 5.75 Å². The van der Waals surface area contributed by atoms with Crippen LogP contribution in [0.15, 0.2) is 78.9 Å². The first-order valence-corrected chi connectivity index (χ1v) is 13.2. The summed E-state index contributed by atoms with van der Waals surface area (Å²) in [4.78, 5) is 28.2. The molecule has 0 atom stereocenters. The Morgan fingerprint density at radius 2 is 1.54 bits per heavy atom. The van der Waals surface area contributed by atoms with E-state index < -0.39 is 0 Å². The Hall–Kier alpha value is -3.71. The minimum absolute atomic E-state index is 0.0544. The fourth-order valence-electron chi connectivity index (χ4n) is 4.63. The SMILES string of the molecule is CN(C(=O)c1ccccc1NC(=S)NC(=O)c1ccccc1OCCc1ccccc1)C1CCCCC1. The lowest BCUT2D eigenvalue weighted by Gasteiger charge is -2.31. The fraction of sp³-hybridized carbons (Fsp3) is 0.300. The number of anilines is 1. The van der Waals surface area contributed by atoms with E-state index in [1.807, 2.05) is 60.5 Å². The van der Waals surface area contributed by atoms with Crippen molar-refractivity contribution in [3.63, 3.8) is 0 Å². The van der Waals surface area contributed by atoms with E-state index in [9.17, 15) is 9.59 Å². The molecule has 0 saturated heterocycles. The number of carbonyl (C=O) groups excluding carboxylic acids is 2. The summed E-state index contributed by atoms with van der Waals surface area (Å²) in [7, 11) is 1.87. The van der Waals surface area contributed by atoms with Gasteiger partial charge in [-0.15, -0.1) is 0 Å². The fourth-order valence-corrected chi connectivity index (χ4v) is 4.83. The highest BCUT2D eigenvalue weighted by Gasteiger charge is 2.25. The molecule has 0 heterocycles. The van der Waals surface area contributed by atoms with Gasteiger partial charge in [0.2, 0.25) is 0 Å². The molecule has 1 saturated carbocycles. The van der Waals surface area contributed by atoms with Gasteiger partial charge < -0.3 is 15.0 Å². The first kappa shape index (κ1) is 26.4. The van der Waals surface area contributed by atoms with Gasteiger partial charge in [-0.2, -0.15) is 0 Å². The second kappa shape index (κ2) is 13.0. The third-order valence-electron chi connectivity index (χ3n) is 6.70. The molecular weight excluding hydrogens is 482 g/mol. The van der Waals surface area contributed by atoms with E-state index in [-0.39, 0.29) is 23.0 Å². The Morgan fingerprint density at radius 3 is 2.30 bits per heavy atom. The van der Waals surface area contributed by atoms with E-state index in [4.69, 9.17) is 17.0 Å². The summed E-state index contributed by atoms with van der Waals surface area (Å²) in [5.41, 5.74) is 2.64. The van der Waals surface area contributed by atoms with Crippen LogP contribution in [0, 0.1) is 0 Å². The van der Waals surface area contributed by atoms with Crippen LogP contribution >= 0.6 is 12.2 Å². The minimum atomic E-state index is -0.379. The van der Waals surface area contributed by atoms with Gasteiger partial charge in [-0.1, -0.05) is 73.9 Å². The standard InChI is InChI=1S/C30H33N3O3S/c1-33(23-14-6-3-7-15-23)29(35)24-16-8-10-18-26(24)31-30(37)32-28(34)25-17-9-11-19-27(25)36-21-20-22-12-4-2-5-13-22/h2,4-5,8-13,16-19,23H,3,6-7,14-15,20-21H2,1H3,(H2,31,32,34,37).